The summed E-state index contributed by atoms with van der Waals surface area (Å²) < 4.78 is 12.2. The zero-order valence-electron chi connectivity index (χ0n) is 5.61. The second kappa shape index (κ2) is 3.53. The average Bonchev–Trinajstić information content (AvgIpc) is 2.04. The van der Waals surface area contributed by atoms with Crippen LogP contribution in [-0.4, -0.2) is 4.98 Å². The Kier molecular flexibility index (Phi) is 2.41. The Morgan fingerprint density at radius 2 is 2.45 bits per heavy atom. The molecule has 0 saturated carbocycles. The molecule has 0 spiro atoms. The molecule has 0 saturated heterocycles. The van der Waals surface area contributed by atoms with E-state index in [0.29, 0.717) is 5.69 Å². The third-order valence-corrected chi connectivity index (χ3v) is 1.08. The first-order valence-corrected chi connectivity index (χ1v) is 2.94. The normalized spacial score (nSPS) is 8.82. The van der Waals surface area contributed by atoms with Gasteiger partial charge in [-0.3, -0.25) is 4.98 Å². The fourth-order valence-electron chi connectivity index (χ4n) is 0.604. The first-order valence-electron chi connectivity index (χ1n) is 2.94. The second-order valence-electron chi connectivity index (χ2n) is 1.86. The lowest BCUT2D eigenvalue weighted by Gasteiger charge is -1.91. The second-order valence-corrected chi connectivity index (χ2v) is 1.86. The quantitative estimate of drug-likeness (QED) is 0.363. The van der Waals surface area contributed by atoms with Crippen molar-refractivity contribution in [1.29, 1.82) is 0 Å². The van der Waals surface area contributed by atoms with E-state index in [2.05, 4.69) is 15.0 Å². The Labute approximate surface area is 62.3 Å². The number of hydrogen-bond donors (Lipinski definition) is 0. The van der Waals surface area contributed by atoms with Crippen LogP contribution in [0.1, 0.15) is 5.69 Å². The van der Waals surface area contributed by atoms with Gasteiger partial charge in [-0.15, -0.1) is 0 Å². The number of aromatic nitrogens is 1. The SMILES string of the molecule is [N-]=[N+]=NCc1ccc(F)cn1. The topological polar surface area (TPSA) is 61.7 Å². The van der Waals surface area contributed by atoms with E-state index in [0.717, 1.165) is 6.20 Å². The average molecular weight is 152 g/mol. The van der Waals surface area contributed by atoms with E-state index in [4.69, 9.17) is 5.53 Å². The van der Waals surface area contributed by atoms with Crippen LogP contribution in [0, 0.1) is 5.82 Å². The molecule has 1 aromatic heterocycles. The lowest BCUT2D eigenvalue weighted by Crippen LogP contribution is -1.86. The molecule has 0 amide bonds. The van der Waals surface area contributed by atoms with Crippen LogP contribution in [-0.2, 0) is 6.54 Å². The molecule has 4 nitrogen and oxygen atoms in total. The van der Waals surface area contributed by atoms with E-state index >= 15 is 0 Å². The number of halogens is 1. The van der Waals surface area contributed by atoms with Gasteiger partial charge in [-0.2, -0.15) is 0 Å². The smallest absolute Gasteiger partial charge is 0.141 e. The molecule has 0 unspecified atom stereocenters. The number of hydrogen-bond acceptors (Lipinski definition) is 2. The van der Waals surface area contributed by atoms with Gasteiger partial charge in [0.2, 0.25) is 0 Å². The minimum absolute atomic E-state index is 0.163. The molecule has 5 heteroatoms. The van der Waals surface area contributed by atoms with Gasteiger partial charge in [0, 0.05) is 10.6 Å². The number of nitrogens with zero attached hydrogens (tertiary/aromatic N) is 4. The maximum atomic E-state index is 12.2. The van der Waals surface area contributed by atoms with Crippen LogP contribution in [0.2, 0.25) is 0 Å². The van der Waals surface area contributed by atoms with Crippen molar-refractivity contribution in [3.8, 4) is 0 Å². The Balaban J connectivity index is 2.73. The largest absolute Gasteiger partial charge is 0.258 e. The van der Waals surface area contributed by atoms with Gasteiger partial charge in [0.25, 0.3) is 0 Å². The Hall–Kier alpha value is -1.61. The van der Waals surface area contributed by atoms with E-state index < -0.39 is 5.82 Å². The van der Waals surface area contributed by atoms with Crippen LogP contribution >= 0.6 is 0 Å². The fraction of sp³-hybridized carbons (Fsp3) is 0.167. The molecule has 0 N–H and O–H groups in total. The summed E-state index contributed by atoms with van der Waals surface area (Å²) in [4.78, 5) is 6.22. The molecule has 56 valence electrons. The first kappa shape index (κ1) is 7.50. The van der Waals surface area contributed by atoms with Gasteiger partial charge in [-0.1, -0.05) is 5.11 Å². The standard InChI is InChI=1S/C6H5FN4/c7-5-1-2-6(9-3-5)4-10-11-8/h1-3H,4H2. The van der Waals surface area contributed by atoms with Crippen LogP contribution in [0.15, 0.2) is 23.4 Å². The summed E-state index contributed by atoms with van der Waals surface area (Å²) in [5.74, 6) is -0.394. The predicted octanol–water partition coefficient (Wildman–Crippen LogP) is 2.03. The molecule has 0 aromatic carbocycles. The van der Waals surface area contributed by atoms with Crippen molar-refractivity contribution in [2.24, 2.45) is 5.11 Å². The van der Waals surface area contributed by atoms with Crippen LogP contribution < -0.4 is 0 Å². The van der Waals surface area contributed by atoms with Crippen LogP contribution in [0.3, 0.4) is 0 Å². The molecule has 0 radical (unpaired) electrons. The lowest BCUT2D eigenvalue weighted by molar-refractivity contribution is 0.619. The Morgan fingerprint density at radius 1 is 1.64 bits per heavy atom. The van der Waals surface area contributed by atoms with Crippen molar-refractivity contribution in [2.45, 2.75) is 6.54 Å². The van der Waals surface area contributed by atoms with Crippen molar-refractivity contribution in [3.63, 3.8) is 0 Å². The van der Waals surface area contributed by atoms with Crippen LogP contribution in [0.5, 0.6) is 0 Å². The highest BCUT2D eigenvalue weighted by molar-refractivity contribution is 5.04. The van der Waals surface area contributed by atoms with E-state index in [1.807, 2.05) is 0 Å². The zero-order chi connectivity index (χ0) is 8.10. The summed E-state index contributed by atoms with van der Waals surface area (Å²) in [6, 6.07) is 2.75. The van der Waals surface area contributed by atoms with Gasteiger partial charge in [-0.05, 0) is 17.7 Å². The molecular formula is C6H5FN4. The predicted molar refractivity (Wildman–Crippen MR) is 37.0 cm³/mol. The van der Waals surface area contributed by atoms with Crippen LogP contribution in [0.25, 0.3) is 10.4 Å². The molecule has 1 aromatic rings. The minimum Gasteiger partial charge on any atom is -0.258 e. The number of pyridine rings is 1. The maximum Gasteiger partial charge on any atom is 0.141 e. The van der Waals surface area contributed by atoms with E-state index in [9.17, 15) is 4.39 Å². The highest BCUT2D eigenvalue weighted by Crippen LogP contribution is 1.99. The molecule has 0 aliphatic carbocycles. The van der Waals surface area contributed by atoms with Crippen molar-refractivity contribution in [3.05, 3.63) is 40.3 Å². The third kappa shape index (κ3) is 2.23. The van der Waals surface area contributed by atoms with Crippen molar-refractivity contribution in [1.82, 2.24) is 4.98 Å². The van der Waals surface area contributed by atoms with Crippen LogP contribution in [0.4, 0.5) is 4.39 Å². The summed E-state index contributed by atoms with van der Waals surface area (Å²) >= 11 is 0. The summed E-state index contributed by atoms with van der Waals surface area (Å²) in [7, 11) is 0. The molecule has 1 rings (SSSR count). The Bertz CT molecular complexity index is 275. The molecular weight excluding hydrogens is 147 g/mol. The number of azide groups is 1. The molecule has 0 aliphatic heterocycles. The third-order valence-electron chi connectivity index (χ3n) is 1.08. The lowest BCUT2D eigenvalue weighted by atomic mass is 10.3. The van der Waals surface area contributed by atoms with Gasteiger partial charge in [0.05, 0.1) is 12.7 Å². The molecule has 0 aliphatic rings. The highest BCUT2D eigenvalue weighted by atomic mass is 19.1. The van der Waals surface area contributed by atoms with Gasteiger partial charge >= 0.3 is 0 Å². The highest BCUT2D eigenvalue weighted by Gasteiger charge is 1.91. The van der Waals surface area contributed by atoms with E-state index in [1.165, 1.54) is 12.1 Å². The molecule has 0 atom stereocenters. The monoisotopic (exact) mass is 152 g/mol. The van der Waals surface area contributed by atoms with E-state index in [-0.39, 0.29) is 6.54 Å². The molecule has 0 fully saturated rings. The Morgan fingerprint density at radius 3 is 3.00 bits per heavy atom. The summed E-state index contributed by atoms with van der Waals surface area (Å²) in [5, 5.41) is 3.27. The van der Waals surface area contributed by atoms with Gasteiger partial charge < -0.3 is 0 Å². The number of rotatable bonds is 2. The molecule has 1 heterocycles. The fourth-order valence-corrected chi connectivity index (χ4v) is 0.604. The summed E-state index contributed by atoms with van der Waals surface area (Å²) in [5.41, 5.74) is 8.50. The summed E-state index contributed by atoms with van der Waals surface area (Å²) in [6.45, 7) is 0.163. The maximum absolute atomic E-state index is 12.2. The first-order chi connectivity index (χ1) is 5.33. The van der Waals surface area contributed by atoms with Gasteiger partial charge in [0.15, 0.2) is 0 Å². The van der Waals surface area contributed by atoms with Crippen molar-refractivity contribution >= 4 is 0 Å². The van der Waals surface area contributed by atoms with Crippen molar-refractivity contribution in [2.75, 3.05) is 0 Å². The van der Waals surface area contributed by atoms with Crippen molar-refractivity contribution < 1.29 is 4.39 Å². The van der Waals surface area contributed by atoms with Gasteiger partial charge in [0.1, 0.15) is 5.82 Å². The molecule has 11 heavy (non-hydrogen) atoms. The molecule has 0 bridgehead atoms. The van der Waals surface area contributed by atoms with Gasteiger partial charge in [-0.25, -0.2) is 4.39 Å². The van der Waals surface area contributed by atoms with E-state index in [1.54, 1.807) is 0 Å². The minimum atomic E-state index is -0.394. The zero-order valence-corrected chi connectivity index (χ0v) is 5.61. The summed E-state index contributed by atoms with van der Waals surface area (Å²) in [6.07, 6.45) is 1.09.